The fourth-order valence-electron chi connectivity index (χ4n) is 0.703. The van der Waals surface area contributed by atoms with Crippen LogP contribution in [0, 0.1) is 0 Å². The lowest BCUT2D eigenvalue weighted by Crippen LogP contribution is -2.19. The number of aliphatic hydroxyl groups is 1. The molecule has 0 radical (unpaired) electrons. The molecule has 0 saturated carbocycles. The summed E-state index contributed by atoms with van der Waals surface area (Å²) < 4.78 is 5.09. The van der Waals surface area contributed by atoms with Crippen LogP contribution < -0.4 is 0 Å². The van der Waals surface area contributed by atoms with Gasteiger partial charge in [0.25, 0.3) is 0 Å². The van der Waals surface area contributed by atoms with Crippen LogP contribution in [0.4, 0.5) is 0 Å². The topological polar surface area (TPSA) is 29.5 Å². The minimum Gasteiger partial charge on any atom is -0.394 e. The number of rotatable bonds is 1. The zero-order valence-electron chi connectivity index (χ0n) is 6.71. The molecule has 0 aromatic rings. The van der Waals surface area contributed by atoms with Crippen LogP contribution in [0.15, 0.2) is 12.2 Å². The number of aliphatic hydroxyl groups excluding tert-OH is 1. The van der Waals surface area contributed by atoms with Crippen molar-refractivity contribution in [2.24, 2.45) is 0 Å². The molecule has 2 nitrogen and oxygen atoms in total. The van der Waals surface area contributed by atoms with Crippen LogP contribution >= 0.6 is 0 Å². The second-order valence-corrected chi connectivity index (χ2v) is 1.85. The van der Waals surface area contributed by atoms with E-state index >= 15 is 0 Å². The van der Waals surface area contributed by atoms with Gasteiger partial charge in [-0.2, -0.15) is 0 Å². The molecule has 0 amide bonds. The maximum absolute atomic E-state index is 8.53. The van der Waals surface area contributed by atoms with Crippen molar-refractivity contribution in [3.05, 3.63) is 12.2 Å². The predicted octanol–water partition coefficient (Wildman–Crippen LogP) is 1.35. The van der Waals surface area contributed by atoms with Crippen molar-refractivity contribution in [1.29, 1.82) is 0 Å². The third kappa shape index (κ3) is 3.64. The molecular formula is C8H16O2. The average molecular weight is 144 g/mol. The molecule has 1 unspecified atom stereocenters. The zero-order valence-corrected chi connectivity index (χ0v) is 6.71. The van der Waals surface area contributed by atoms with E-state index in [2.05, 4.69) is 0 Å². The summed E-state index contributed by atoms with van der Waals surface area (Å²) in [6.07, 6.45) is 4.91. The Morgan fingerprint density at radius 2 is 2.20 bits per heavy atom. The molecule has 0 aromatic carbocycles. The van der Waals surface area contributed by atoms with E-state index in [1.165, 1.54) is 0 Å². The summed E-state index contributed by atoms with van der Waals surface area (Å²) in [6, 6.07) is 0. The summed E-state index contributed by atoms with van der Waals surface area (Å²) in [5, 5.41) is 8.53. The van der Waals surface area contributed by atoms with Gasteiger partial charge in [-0.25, -0.2) is 0 Å². The van der Waals surface area contributed by atoms with Gasteiger partial charge in [-0.1, -0.05) is 26.0 Å². The molecule has 2 heteroatoms. The van der Waals surface area contributed by atoms with E-state index in [-0.39, 0.29) is 12.7 Å². The maximum Gasteiger partial charge on any atom is 0.0844 e. The maximum atomic E-state index is 8.53. The molecule has 0 spiro atoms. The Balaban J connectivity index is 0.000000371. The van der Waals surface area contributed by atoms with Crippen LogP contribution in [0.25, 0.3) is 0 Å². The molecule has 0 saturated heterocycles. The van der Waals surface area contributed by atoms with Crippen LogP contribution in [-0.4, -0.2) is 24.4 Å². The summed E-state index contributed by atoms with van der Waals surface area (Å²) in [5.74, 6) is 0. The number of ether oxygens (including phenoxy) is 1. The Bertz CT molecular complexity index is 89.3. The highest BCUT2D eigenvalue weighted by atomic mass is 16.5. The van der Waals surface area contributed by atoms with Crippen molar-refractivity contribution >= 4 is 0 Å². The van der Waals surface area contributed by atoms with E-state index in [4.69, 9.17) is 9.84 Å². The lowest BCUT2D eigenvalue weighted by molar-refractivity contribution is 0.0240. The Kier molecular flexibility index (Phi) is 6.55. The Morgan fingerprint density at radius 1 is 1.50 bits per heavy atom. The smallest absolute Gasteiger partial charge is 0.0844 e. The molecule has 0 aliphatic carbocycles. The first kappa shape index (κ1) is 9.66. The highest BCUT2D eigenvalue weighted by Gasteiger charge is 2.06. The van der Waals surface area contributed by atoms with Gasteiger partial charge in [-0.3, -0.25) is 0 Å². The highest BCUT2D eigenvalue weighted by molar-refractivity contribution is 4.88. The minimum absolute atomic E-state index is 0.0556. The number of hydrogen-bond acceptors (Lipinski definition) is 2. The monoisotopic (exact) mass is 144 g/mol. The van der Waals surface area contributed by atoms with Crippen molar-refractivity contribution in [3.63, 3.8) is 0 Å². The lowest BCUT2D eigenvalue weighted by atomic mass is 10.2. The van der Waals surface area contributed by atoms with Gasteiger partial charge < -0.3 is 9.84 Å². The van der Waals surface area contributed by atoms with Crippen molar-refractivity contribution < 1.29 is 9.84 Å². The van der Waals surface area contributed by atoms with Crippen LogP contribution in [0.5, 0.6) is 0 Å². The zero-order chi connectivity index (χ0) is 7.82. The summed E-state index contributed by atoms with van der Waals surface area (Å²) in [5.41, 5.74) is 0. The van der Waals surface area contributed by atoms with E-state index in [1.54, 1.807) is 0 Å². The molecule has 1 aliphatic heterocycles. The molecule has 1 atom stereocenters. The molecule has 0 fully saturated rings. The Morgan fingerprint density at radius 3 is 2.50 bits per heavy atom. The summed E-state index contributed by atoms with van der Waals surface area (Å²) in [4.78, 5) is 0. The summed E-state index contributed by atoms with van der Waals surface area (Å²) in [7, 11) is 0. The third-order valence-electron chi connectivity index (χ3n) is 1.20. The fourth-order valence-corrected chi connectivity index (χ4v) is 0.703. The largest absolute Gasteiger partial charge is 0.394 e. The minimum atomic E-state index is 0.0556. The van der Waals surface area contributed by atoms with Gasteiger partial charge in [0.15, 0.2) is 0 Å². The van der Waals surface area contributed by atoms with E-state index in [0.29, 0.717) is 6.61 Å². The summed E-state index contributed by atoms with van der Waals surface area (Å²) in [6.45, 7) is 4.80. The molecule has 10 heavy (non-hydrogen) atoms. The lowest BCUT2D eigenvalue weighted by Gasteiger charge is -2.14. The first-order valence-corrected chi connectivity index (χ1v) is 3.81. The predicted molar refractivity (Wildman–Crippen MR) is 41.9 cm³/mol. The van der Waals surface area contributed by atoms with Crippen LogP contribution in [-0.2, 0) is 4.74 Å². The summed E-state index contributed by atoms with van der Waals surface area (Å²) >= 11 is 0. The second-order valence-electron chi connectivity index (χ2n) is 1.85. The second kappa shape index (κ2) is 6.78. The van der Waals surface area contributed by atoms with E-state index in [0.717, 1.165) is 6.42 Å². The standard InChI is InChI=1S/C6H10O2.C2H6/c7-5-6-3-1-2-4-8-6;1-2/h1-2,6-7H,3-5H2;1-2H3. The van der Waals surface area contributed by atoms with Gasteiger partial charge in [0, 0.05) is 0 Å². The van der Waals surface area contributed by atoms with Crippen molar-refractivity contribution in [3.8, 4) is 0 Å². The molecule has 1 rings (SSSR count). The highest BCUT2D eigenvalue weighted by Crippen LogP contribution is 2.03. The molecule has 1 aliphatic rings. The Hall–Kier alpha value is -0.340. The van der Waals surface area contributed by atoms with E-state index < -0.39 is 0 Å². The van der Waals surface area contributed by atoms with Gasteiger partial charge in [0.2, 0.25) is 0 Å². The van der Waals surface area contributed by atoms with Gasteiger partial charge >= 0.3 is 0 Å². The molecule has 1 heterocycles. The third-order valence-corrected chi connectivity index (χ3v) is 1.20. The average Bonchev–Trinajstić information content (AvgIpc) is 2.10. The van der Waals surface area contributed by atoms with Crippen LogP contribution in [0.3, 0.4) is 0 Å². The fraction of sp³-hybridized carbons (Fsp3) is 0.750. The molecular weight excluding hydrogens is 128 g/mol. The van der Waals surface area contributed by atoms with Crippen molar-refractivity contribution in [1.82, 2.24) is 0 Å². The number of hydrogen-bond donors (Lipinski definition) is 1. The van der Waals surface area contributed by atoms with Gasteiger partial charge in [0.05, 0.1) is 19.3 Å². The SMILES string of the molecule is CC.OCC1CC=CCO1. The molecule has 1 N–H and O–H groups in total. The van der Waals surface area contributed by atoms with Gasteiger partial charge in [-0.05, 0) is 6.42 Å². The van der Waals surface area contributed by atoms with Crippen LogP contribution in [0.1, 0.15) is 20.3 Å². The quantitative estimate of drug-likeness (QED) is 0.563. The first-order chi connectivity index (χ1) is 4.93. The van der Waals surface area contributed by atoms with Crippen molar-refractivity contribution in [2.45, 2.75) is 26.4 Å². The first-order valence-electron chi connectivity index (χ1n) is 3.81. The van der Waals surface area contributed by atoms with Gasteiger partial charge in [-0.15, -0.1) is 0 Å². The normalized spacial score (nSPS) is 23.3. The molecule has 0 aromatic heterocycles. The van der Waals surface area contributed by atoms with E-state index in [9.17, 15) is 0 Å². The van der Waals surface area contributed by atoms with E-state index in [1.807, 2.05) is 26.0 Å². The van der Waals surface area contributed by atoms with Crippen molar-refractivity contribution in [2.75, 3.05) is 13.2 Å². The van der Waals surface area contributed by atoms with Gasteiger partial charge in [0.1, 0.15) is 0 Å². The molecule has 0 bridgehead atoms. The van der Waals surface area contributed by atoms with Crippen LogP contribution in [0.2, 0.25) is 0 Å². The Labute approximate surface area is 62.5 Å². The molecule has 60 valence electrons.